The summed E-state index contributed by atoms with van der Waals surface area (Å²) in [7, 11) is 0.415. The van der Waals surface area contributed by atoms with E-state index in [1.54, 1.807) is 6.92 Å². The normalized spacial score (nSPS) is 11.1. The summed E-state index contributed by atoms with van der Waals surface area (Å²) >= 11 is 0. The first-order valence-electron chi connectivity index (χ1n) is 4.77. The minimum Gasteiger partial charge on any atom is -0.450 e. The highest BCUT2D eigenvalue weighted by atomic mass is 28.2. The molecule has 0 aromatic carbocycles. The monoisotopic (exact) mass is 217 g/mol. The molecule has 0 heterocycles. The lowest BCUT2D eigenvalue weighted by Gasteiger charge is -2.18. The third-order valence-electron chi connectivity index (χ3n) is 1.15. The molecule has 0 saturated carbocycles. The van der Waals surface area contributed by atoms with Crippen molar-refractivity contribution in [3.8, 4) is 0 Å². The Morgan fingerprint density at radius 3 is 2.57 bits per heavy atom. The van der Waals surface area contributed by atoms with E-state index in [0.29, 0.717) is 22.9 Å². The summed E-state index contributed by atoms with van der Waals surface area (Å²) in [5.74, 6) is 0. The summed E-state index contributed by atoms with van der Waals surface area (Å²) in [5.41, 5.74) is -0.0949. The first-order chi connectivity index (χ1) is 6.45. The zero-order chi connectivity index (χ0) is 11.0. The summed E-state index contributed by atoms with van der Waals surface area (Å²) in [4.78, 5) is 10.8. The Bertz CT molecular complexity index is 168. The van der Waals surface area contributed by atoms with Crippen molar-refractivity contribution in [3.63, 3.8) is 0 Å². The van der Waals surface area contributed by atoms with Gasteiger partial charge in [0.15, 0.2) is 0 Å². The standard InChI is InChI=1S/C9H19NO3Si/c1-5-12-8(11)10-6-7-14-13-9(2,3)4/h5-7H2,1-4H3,(H,10,11). The average Bonchev–Trinajstić information content (AvgIpc) is 2.02. The molecule has 1 amide bonds. The van der Waals surface area contributed by atoms with Crippen LogP contribution in [0.2, 0.25) is 6.04 Å². The molecule has 0 unspecified atom stereocenters. The van der Waals surface area contributed by atoms with Crippen molar-refractivity contribution in [3.05, 3.63) is 0 Å². The Morgan fingerprint density at radius 1 is 1.43 bits per heavy atom. The molecule has 0 aliphatic carbocycles. The molecule has 0 saturated heterocycles. The fraction of sp³-hybridized carbons (Fsp3) is 0.889. The molecular formula is C9H19NO3Si. The predicted octanol–water partition coefficient (Wildman–Crippen LogP) is 1.59. The molecule has 5 heteroatoms. The molecule has 1 N–H and O–H groups in total. The Balaban J connectivity index is 3.26. The number of nitrogens with one attached hydrogen (secondary N) is 1. The highest BCUT2D eigenvalue weighted by molar-refractivity contribution is 6.27. The molecule has 2 radical (unpaired) electrons. The number of carbonyl (C=O) groups is 1. The molecule has 0 rings (SSSR count). The zero-order valence-electron chi connectivity index (χ0n) is 9.35. The van der Waals surface area contributed by atoms with Crippen molar-refractivity contribution in [1.82, 2.24) is 5.32 Å². The molecule has 82 valence electrons. The number of carbonyl (C=O) groups excluding carboxylic acids is 1. The van der Waals surface area contributed by atoms with Gasteiger partial charge in [0.25, 0.3) is 0 Å². The summed E-state index contributed by atoms with van der Waals surface area (Å²) in [6, 6.07) is 0.829. The van der Waals surface area contributed by atoms with E-state index in [1.165, 1.54) is 0 Å². The van der Waals surface area contributed by atoms with Gasteiger partial charge in [0.05, 0.1) is 6.61 Å². The third-order valence-corrected chi connectivity index (χ3v) is 2.36. The zero-order valence-corrected chi connectivity index (χ0v) is 10.3. The van der Waals surface area contributed by atoms with Gasteiger partial charge in [-0.15, -0.1) is 0 Å². The molecule has 0 spiro atoms. The van der Waals surface area contributed by atoms with E-state index in [9.17, 15) is 4.79 Å². The topological polar surface area (TPSA) is 47.6 Å². The fourth-order valence-corrected chi connectivity index (χ4v) is 1.43. The van der Waals surface area contributed by atoms with Gasteiger partial charge in [-0.05, 0) is 33.7 Å². The second-order valence-corrected chi connectivity index (χ2v) is 4.75. The Morgan fingerprint density at radius 2 is 2.07 bits per heavy atom. The van der Waals surface area contributed by atoms with E-state index in [2.05, 4.69) is 5.32 Å². The van der Waals surface area contributed by atoms with Crippen molar-refractivity contribution >= 4 is 15.9 Å². The minimum absolute atomic E-state index is 0.0949. The van der Waals surface area contributed by atoms with Crippen molar-refractivity contribution in [1.29, 1.82) is 0 Å². The first kappa shape index (κ1) is 13.4. The predicted molar refractivity (Wildman–Crippen MR) is 56.4 cm³/mol. The minimum atomic E-state index is -0.354. The van der Waals surface area contributed by atoms with E-state index in [-0.39, 0.29) is 11.7 Å². The van der Waals surface area contributed by atoms with Gasteiger partial charge in [0, 0.05) is 12.1 Å². The summed E-state index contributed by atoms with van der Waals surface area (Å²) in [6.45, 7) is 8.83. The maximum absolute atomic E-state index is 10.8. The van der Waals surface area contributed by atoms with E-state index in [1.807, 2.05) is 20.8 Å². The second kappa shape index (κ2) is 6.84. The van der Waals surface area contributed by atoms with Gasteiger partial charge < -0.3 is 14.5 Å². The van der Waals surface area contributed by atoms with Gasteiger partial charge in [-0.25, -0.2) is 4.79 Å². The highest BCUT2D eigenvalue weighted by Gasteiger charge is 2.09. The quantitative estimate of drug-likeness (QED) is 0.562. The van der Waals surface area contributed by atoms with Crippen LogP contribution in [0.1, 0.15) is 27.7 Å². The van der Waals surface area contributed by atoms with Crippen LogP contribution in [0.3, 0.4) is 0 Å². The molecule has 4 nitrogen and oxygen atoms in total. The van der Waals surface area contributed by atoms with Gasteiger partial charge in [-0.2, -0.15) is 0 Å². The van der Waals surface area contributed by atoms with Crippen LogP contribution in [0.25, 0.3) is 0 Å². The lowest BCUT2D eigenvalue weighted by atomic mass is 10.2. The number of rotatable bonds is 5. The molecule has 14 heavy (non-hydrogen) atoms. The molecule has 0 aliphatic rings. The largest absolute Gasteiger partial charge is 0.450 e. The van der Waals surface area contributed by atoms with E-state index in [0.717, 1.165) is 6.04 Å². The molecule has 0 fully saturated rings. The van der Waals surface area contributed by atoms with Crippen molar-refractivity contribution in [2.45, 2.75) is 39.3 Å². The lowest BCUT2D eigenvalue weighted by molar-refractivity contribution is 0.137. The van der Waals surface area contributed by atoms with E-state index < -0.39 is 0 Å². The number of ether oxygens (including phenoxy) is 1. The van der Waals surface area contributed by atoms with Crippen LogP contribution in [0.4, 0.5) is 4.79 Å². The first-order valence-corrected chi connectivity index (χ1v) is 5.88. The maximum Gasteiger partial charge on any atom is 0.407 e. The molecule has 0 atom stereocenters. The van der Waals surface area contributed by atoms with Crippen LogP contribution in [-0.2, 0) is 9.16 Å². The van der Waals surface area contributed by atoms with Gasteiger partial charge in [-0.3, -0.25) is 0 Å². The lowest BCUT2D eigenvalue weighted by Crippen LogP contribution is -2.28. The van der Waals surface area contributed by atoms with Crippen molar-refractivity contribution in [2.24, 2.45) is 0 Å². The average molecular weight is 217 g/mol. The number of hydrogen-bond donors (Lipinski definition) is 1. The molecule has 0 bridgehead atoms. The van der Waals surface area contributed by atoms with Crippen LogP contribution in [0.15, 0.2) is 0 Å². The highest BCUT2D eigenvalue weighted by Crippen LogP contribution is 2.05. The van der Waals surface area contributed by atoms with Gasteiger partial charge in [0.2, 0.25) is 9.76 Å². The van der Waals surface area contributed by atoms with Crippen LogP contribution in [0, 0.1) is 0 Å². The van der Waals surface area contributed by atoms with E-state index >= 15 is 0 Å². The van der Waals surface area contributed by atoms with Crippen molar-refractivity contribution in [2.75, 3.05) is 13.2 Å². The summed E-state index contributed by atoms with van der Waals surface area (Å²) in [5, 5.41) is 2.64. The molecule has 0 aromatic heterocycles. The number of hydrogen-bond acceptors (Lipinski definition) is 3. The van der Waals surface area contributed by atoms with E-state index in [4.69, 9.17) is 9.16 Å². The smallest absolute Gasteiger partial charge is 0.407 e. The fourth-order valence-electron chi connectivity index (χ4n) is 0.665. The second-order valence-electron chi connectivity index (χ2n) is 3.76. The summed E-state index contributed by atoms with van der Waals surface area (Å²) in [6.07, 6.45) is -0.354. The molecule has 0 aromatic rings. The summed E-state index contributed by atoms with van der Waals surface area (Å²) < 4.78 is 10.2. The SMILES string of the molecule is CCOC(=O)NCC[Si]OC(C)(C)C. The van der Waals surface area contributed by atoms with Crippen LogP contribution in [-0.4, -0.2) is 34.6 Å². The Labute approximate surface area is 88.3 Å². The van der Waals surface area contributed by atoms with Crippen LogP contribution < -0.4 is 5.32 Å². The molecule has 0 aliphatic heterocycles. The van der Waals surface area contributed by atoms with Gasteiger partial charge >= 0.3 is 6.09 Å². The van der Waals surface area contributed by atoms with Crippen LogP contribution in [0.5, 0.6) is 0 Å². The van der Waals surface area contributed by atoms with Crippen molar-refractivity contribution < 1.29 is 14.0 Å². The van der Waals surface area contributed by atoms with Crippen LogP contribution >= 0.6 is 0 Å². The third kappa shape index (κ3) is 9.53. The Hall–Kier alpha value is -0.553. The number of alkyl carbamates (subject to hydrolysis) is 1. The maximum atomic E-state index is 10.8. The van der Waals surface area contributed by atoms with Gasteiger partial charge in [-0.1, -0.05) is 0 Å². The number of amides is 1. The van der Waals surface area contributed by atoms with Gasteiger partial charge in [0.1, 0.15) is 0 Å². The Kier molecular flexibility index (Phi) is 6.57. The molecular weight excluding hydrogens is 198 g/mol.